The highest BCUT2D eigenvalue weighted by atomic mass is 16.5. The normalized spacial score (nSPS) is 10.4. The molecule has 2 heterocycles. The second-order valence-electron chi connectivity index (χ2n) is 6.96. The maximum atomic E-state index is 6.05. The highest BCUT2D eigenvalue weighted by Gasteiger charge is 2.12. The van der Waals surface area contributed by atoms with Crippen molar-refractivity contribution in [2.45, 2.75) is 6.42 Å². The Hall–Kier alpha value is -4.33. The minimum Gasteiger partial charge on any atom is -0.497 e. The van der Waals surface area contributed by atoms with Gasteiger partial charge >= 0.3 is 6.01 Å². The average molecular weight is 444 g/mol. The van der Waals surface area contributed by atoms with Crippen molar-refractivity contribution < 1.29 is 18.9 Å². The summed E-state index contributed by atoms with van der Waals surface area (Å²) in [5.41, 5.74) is 1.83. The molecule has 0 bridgehead atoms. The minimum atomic E-state index is 0.170. The van der Waals surface area contributed by atoms with Crippen LogP contribution < -0.4 is 24.3 Å². The number of rotatable bonds is 10. The largest absolute Gasteiger partial charge is 0.497 e. The fraction of sp³-hybridized carbons (Fsp3) is 0.160. The second kappa shape index (κ2) is 10.8. The molecular weight excluding hydrogens is 420 g/mol. The van der Waals surface area contributed by atoms with Gasteiger partial charge < -0.3 is 24.3 Å². The van der Waals surface area contributed by atoms with Gasteiger partial charge in [-0.15, -0.1) is 0 Å². The van der Waals surface area contributed by atoms with Crippen LogP contribution in [-0.2, 0) is 6.42 Å². The van der Waals surface area contributed by atoms with Gasteiger partial charge in [-0.25, -0.2) is 4.98 Å². The summed E-state index contributed by atoms with van der Waals surface area (Å²) in [6.07, 6.45) is 6.02. The fourth-order valence-electron chi connectivity index (χ4n) is 2.99. The Bertz CT molecular complexity index is 1150. The molecule has 1 N–H and O–H groups in total. The lowest BCUT2D eigenvalue weighted by Gasteiger charge is -2.13. The third kappa shape index (κ3) is 6.10. The van der Waals surface area contributed by atoms with E-state index in [1.165, 1.54) is 5.56 Å². The van der Waals surface area contributed by atoms with Gasteiger partial charge in [0, 0.05) is 18.9 Å². The van der Waals surface area contributed by atoms with E-state index in [0.29, 0.717) is 29.6 Å². The Balaban J connectivity index is 1.52. The van der Waals surface area contributed by atoms with Crippen molar-refractivity contribution in [2.75, 3.05) is 26.1 Å². The molecule has 0 spiro atoms. The van der Waals surface area contributed by atoms with E-state index in [4.69, 9.17) is 18.9 Å². The molecule has 0 unspecified atom stereocenters. The van der Waals surface area contributed by atoms with E-state index in [1.807, 2.05) is 36.4 Å². The lowest BCUT2D eigenvalue weighted by Crippen LogP contribution is -2.08. The summed E-state index contributed by atoms with van der Waals surface area (Å²) in [5.74, 6) is 3.03. The van der Waals surface area contributed by atoms with E-state index in [0.717, 1.165) is 17.9 Å². The maximum absolute atomic E-state index is 6.05. The van der Waals surface area contributed by atoms with Gasteiger partial charge in [0.25, 0.3) is 0 Å². The van der Waals surface area contributed by atoms with Crippen molar-refractivity contribution in [1.29, 1.82) is 0 Å². The number of nitrogens with one attached hydrogen (secondary N) is 1. The summed E-state index contributed by atoms with van der Waals surface area (Å²) in [7, 11) is 3.23. The standard InChI is InChI=1S/C25H24N4O4/c1-30-19-3-7-21(8-4-19)32-24-23(27-16-13-18-11-14-26-15-12-18)17-28-25(29-24)33-22-9-5-20(31-2)6-10-22/h3-12,14-15,17,27H,13,16H2,1-2H3. The Morgan fingerprint density at radius 2 is 1.30 bits per heavy atom. The molecule has 8 nitrogen and oxygen atoms in total. The molecule has 168 valence electrons. The first-order valence-corrected chi connectivity index (χ1v) is 10.4. The van der Waals surface area contributed by atoms with Crippen LogP contribution >= 0.6 is 0 Å². The van der Waals surface area contributed by atoms with Gasteiger partial charge in [0.1, 0.15) is 28.7 Å². The molecule has 0 fully saturated rings. The highest BCUT2D eigenvalue weighted by Crippen LogP contribution is 2.31. The molecule has 2 aromatic heterocycles. The van der Waals surface area contributed by atoms with Crippen molar-refractivity contribution in [2.24, 2.45) is 0 Å². The molecule has 0 saturated carbocycles. The number of hydrogen-bond acceptors (Lipinski definition) is 8. The minimum absolute atomic E-state index is 0.170. The van der Waals surface area contributed by atoms with Gasteiger partial charge in [0.15, 0.2) is 0 Å². The van der Waals surface area contributed by atoms with Crippen LogP contribution in [0.15, 0.2) is 79.3 Å². The summed E-state index contributed by atoms with van der Waals surface area (Å²) in [6, 6.07) is 18.6. The first-order chi connectivity index (χ1) is 16.2. The van der Waals surface area contributed by atoms with E-state index >= 15 is 0 Å². The first-order valence-electron chi connectivity index (χ1n) is 10.4. The summed E-state index contributed by atoms with van der Waals surface area (Å²) < 4.78 is 22.2. The van der Waals surface area contributed by atoms with Gasteiger partial charge in [0.2, 0.25) is 5.88 Å². The monoisotopic (exact) mass is 444 g/mol. The van der Waals surface area contributed by atoms with E-state index in [2.05, 4.69) is 20.3 Å². The van der Waals surface area contributed by atoms with E-state index in [-0.39, 0.29) is 6.01 Å². The number of methoxy groups -OCH3 is 2. The van der Waals surface area contributed by atoms with E-state index in [1.54, 1.807) is 57.1 Å². The topological polar surface area (TPSA) is 87.6 Å². The molecule has 0 radical (unpaired) electrons. The van der Waals surface area contributed by atoms with Crippen molar-refractivity contribution in [3.05, 3.63) is 84.8 Å². The van der Waals surface area contributed by atoms with Gasteiger partial charge in [0.05, 0.1) is 20.4 Å². The molecule has 0 atom stereocenters. The highest BCUT2D eigenvalue weighted by molar-refractivity contribution is 5.53. The second-order valence-corrected chi connectivity index (χ2v) is 6.96. The molecule has 0 amide bonds. The Kier molecular flexibility index (Phi) is 7.17. The van der Waals surface area contributed by atoms with E-state index in [9.17, 15) is 0 Å². The third-order valence-electron chi connectivity index (χ3n) is 4.75. The van der Waals surface area contributed by atoms with Crippen molar-refractivity contribution in [1.82, 2.24) is 15.0 Å². The fourth-order valence-corrected chi connectivity index (χ4v) is 2.99. The third-order valence-corrected chi connectivity index (χ3v) is 4.75. The van der Waals surface area contributed by atoms with Gasteiger partial charge in [-0.05, 0) is 72.6 Å². The number of hydrogen-bond donors (Lipinski definition) is 1. The van der Waals surface area contributed by atoms with Crippen LogP contribution in [0.25, 0.3) is 0 Å². The van der Waals surface area contributed by atoms with Crippen LogP contribution in [0.1, 0.15) is 5.56 Å². The lowest BCUT2D eigenvalue weighted by molar-refractivity contribution is 0.402. The number of aromatic nitrogens is 3. The number of ether oxygens (including phenoxy) is 4. The summed E-state index contributed by atoms with van der Waals surface area (Å²) >= 11 is 0. The van der Waals surface area contributed by atoms with Crippen molar-refractivity contribution in [3.63, 3.8) is 0 Å². The van der Waals surface area contributed by atoms with Crippen molar-refractivity contribution >= 4 is 5.69 Å². The average Bonchev–Trinajstić information content (AvgIpc) is 2.87. The zero-order valence-corrected chi connectivity index (χ0v) is 18.4. The molecule has 0 aliphatic rings. The summed E-state index contributed by atoms with van der Waals surface area (Å²) in [5, 5.41) is 3.34. The number of benzene rings is 2. The number of nitrogens with zero attached hydrogens (tertiary/aromatic N) is 3. The molecule has 0 saturated heterocycles. The Labute approximate surface area is 192 Å². The molecular formula is C25H24N4O4. The van der Waals surface area contributed by atoms with Gasteiger partial charge in [-0.2, -0.15) is 4.98 Å². The predicted molar refractivity (Wildman–Crippen MR) is 125 cm³/mol. The van der Waals surface area contributed by atoms with E-state index < -0.39 is 0 Å². The lowest BCUT2D eigenvalue weighted by atomic mass is 10.2. The zero-order chi connectivity index (χ0) is 22.9. The molecule has 0 aliphatic carbocycles. The van der Waals surface area contributed by atoms with Gasteiger partial charge in [-0.1, -0.05) is 0 Å². The van der Waals surface area contributed by atoms with Crippen LogP contribution in [0.2, 0.25) is 0 Å². The van der Waals surface area contributed by atoms with Crippen LogP contribution in [0.5, 0.6) is 34.9 Å². The Morgan fingerprint density at radius 1 is 0.727 bits per heavy atom. The molecule has 2 aromatic carbocycles. The van der Waals surface area contributed by atoms with Gasteiger partial charge in [-0.3, -0.25) is 4.98 Å². The molecule has 0 aliphatic heterocycles. The van der Waals surface area contributed by atoms with Crippen LogP contribution in [-0.4, -0.2) is 35.7 Å². The van der Waals surface area contributed by atoms with Crippen LogP contribution in [0, 0.1) is 0 Å². The molecule has 33 heavy (non-hydrogen) atoms. The van der Waals surface area contributed by atoms with Crippen LogP contribution in [0.4, 0.5) is 5.69 Å². The smallest absolute Gasteiger partial charge is 0.325 e. The summed E-state index contributed by atoms with van der Waals surface area (Å²) in [6.45, 7) is 0.672. The summed E-state index contributed by atoms with van der Waals surface area (Å²) in [4.78, 5) is 12.9. The SMILES string of the molecule is COc1ccc(Oc2ncc(NCCc3ccncc3)c(Oc3ccc(OC)cc3)n2)cc1. The predicted octanol–water partition coefficient (Wildman–Crippen LogP) is 5.13. The molecule has 8 heteroatoms. The zero-order valence-electron chi connectivity index (χ0n) is 18.4. The van der Waals surface area contributed by atoms with Crippen molar-refractivity contribution in [3.8, 4) is 34.9 Å². The molecule has 4 rings (SSSR count). The van der Waals surface area contributed by atoms with Crippen LogP contribution in [0.3, 0.4) is 0 Å². The maximum Gasteiger partial charge on any atom is 0.325 e. The Morgan fingerprint density at radius 3 is 1.91 bits per heavy atom. The number of pyridine rings is 1. The first kappa shape index (κ1) is 21.9. The molecule has 4 aromatic rings. The number of anilines is 1. The quantitative estimate of drug-likeness (QED) is 0.360.